The number of sulfonamides is 1. The van der Waals surface area contributed by atoms with Crippen LogP contribution in [-0.2, 0) is 10.0 Å². The van der Waals surface area contributed by atoms with Crippen LogP contribution in [0.1, 0.15) is 12.8 Å². The Morgan fingerprint density at radius 3 is 2.67 bits per heavy atom. The molecule has 15 heavy (non-hydrogen) atoms. The minimum absolute atomic E-state index is 0.0179. The van der Waals surface area contributed by atoms with Crippen LogP contribution in [0.4, 0.5) is 0 Å². The first-order chi connectivity index (χ1) is 6.98. The van der Waals surface area contributed by atoms with Gasteiger partial charge in [-0.05, 0) is 12.8 Å². The molecule has 5 nitrogen and oxygen atoms in total. The molecule has 0 amide bonds. The summed E-state index contributed by atoms with van der Waals surface area (Å²) < 4.78 is 27.9. The van der Waals surface area contributed by atoms with Crippen molar-refractivity contribution in [1.29, 1.82) is 0 Å². The Balaban J connectivity index is 2.47. The highest BCUT2D eigenvalue weighted by molar-refractivity contribution is 7.89. The third kappa shape index (κ3) is 2.39. The average Bonchev–Trinajstić information content (AvgIpc) is 2.85. The van der Waals surface area contributed by atoms with Gasteiger partial charge in [-0.1, -0.05) is 11.6 Å². The van der Waals surface area contributed by atoms with Crippen LogP contribution in [0.25, 0.3) is 0 Å². The van der Waals surface area contributed by atoms with Crippen molar-refractivity contribution in [1.82, 2.24) is 4.98 Å². The highest BCUT2D eigenvalue weighted by Gasteiger charge is 2.28. The van der Waals surface area contributed by atoms with Gasteiger partial charge in [0.05, 0.1) is 17.3 Å². The van der Waals surface area contributed by atoms with Crippen LogP contribution in [0.2, 0.25) is 5.02 Å². The molecule has 0 bridgehead atoms. The first-order valence-corrected chi connectivity index (χ1v) is 6.24. The lowest BCUT2D eigenvalue weighted by atomic mass is 10.4. The Morgan fingerprint density at radius 2 is 2.13 bits per heavy atom. The lowest BCUT2D eigenvalue weighted by molar-refractivity contribution is 0.294. The van der Waals surface area contributed by atoms with E-state index in [9.17, 15) is 8.42 Å². The van der Waals surface area contributed by atoms with Crippen LogP contribution in [0.3, 0.4) is 0 Å². The van der Waals surface area contributed by atoms with Gasteiger partial charge in [-0.25, -0.2) is 13.6 Å². The molecule has 1 aliphatic carbocycles. The minimum atomic E-state index is -3.88. The highest BCUT2D eigenvalue weighted by Crippen LogP contribution is 2.33. The van der Waals surface area contributed by atoms with Crippen LogP contribution < -0.4 is 9.88 Å². The third-order valence-corrected chi connectivity index (χ3v) is 3.31. The fourth-order valence-corrected chi connectivity index (χ4v) is 2.31. The van der Waals surface area contributed by atoms with E-state index in [-0.39, 0.29) is 21.8 Å². The van der Waals surface area contributed by atoms with Crippen LogP contribution >= 0.6 is 11.6 Å². The largest absolute Gasteiger partial charge is 0.487 e. The molecule has 2 N–H and O–H groups in total. The number of pyridine rings is 1. The number of halogens is 1. The van der Waals surface area contributed by atoms with Gasteiger partial charge in [0.25, 0.3) is 0 Å². The van der Waals surface area contributed by atoms with Gasteiger partial charge < -0.3 is 4.74 Å². The van der Waals surface area contributed by atoms with Gasteiger partial charge in [-0.2, -0.15) is 0 Å². The standard InChI is InChI=1S/C8H9ClN2O3S/c9-6-3-11-4-7(14-5-1-2-5)8(6)15(10,12)13/h3-5H,1-2H2,(H2,10,12,13). The normalized spacial score (nSPS) is 16.4. The van der Waals surface area contributed by atoms with Crippen molar-refractivity contribution in [2.45, 2.75) is 23.8 Å². The van der Waals surface area contributed by atoms with Crippen LogP contribution in [0, 0.1) is 0 Å². The van der Waals surface area contributed by atoms with Crippen molar-refractivity contribution in [3.05, 3.63) is 17.4 Å². The Labute approximate surface area is 92.3 Å². The molecule has 2 rings (SSSR count). The molecule has 0 atom stereocenters. The zero-order valence-corrected chi connectivity index (χ0v) is 9.25. The summed E-state index contributed by atoms with van der Waals surface area (Å²) in [6, 6.07) is 0. The Kier molecular flexibility index (Phi) is 2.57. The molecule has 7 heteroatoms. The number of aromatic nitrogens is 1. The molecular formula is C8H9ClN2O3S. The highest BCUT2D eigenvalue weighted by atomic mass is 35.5. The van der Waals surface area contributed by atoms with E-state index in [1.807, 2.05) is 0 Å². The van der Waals surface area contributed by atoms with E-state index in [4.69, 9.17) is 21.5 Å². The number of nitrogens with two attached hydrogens (primary N) is 1. The predicted molar refractivity (Wildman–Crippen MR) is 54.3 cm³/mol. The van der Waals surface area contributed by atoms with E-state index >= 15 is 0 Å². The van der Waals surface area contributed by atoms with Crippen molar-refractivity contribution in [2.75, 3.05) is 0 Å². The zero-order valence-electron chi connectivity index (χ0n) is 7.68. The van der Waals surface area contributed by atoms with E-state index in [1.165, 1.54) is 12.4 Å². The van der Waals surface area contributed by atoms with Gasteiger partial charge in [-0.15, -0.1) is 0 Å². The first kappa shape index (κ1) is 10.7. The van der Waals surface area contributed by atoms with Crippen molar-refractivity contribution in [3.8, 4) is 5.75 Å². The maximum Gasteiger partial charge on any atom is 0.243 e. The fraction of sp³-hybridized carbons (Fsp3) is 0.375. The van der Waals surface area contributed by atoms with Gasteiger partial charge in [0.15, 0.2) is 5.75 Å². The molecule has 0 radical (unpaired) electrons. The van der Waals surface area contributed by atoms with Crippen molar-refractivity contribution in [3.63, 3.8) is 0 Å². The molecule has 1 heterocycles. The minimum Gasteiger partial charge on any atom is -0.487 e. The summed E-state index contributed by atoms with van der Waals surface area (Å²) in [5.41, 5.74) is 0. The van der Waals surface area contributed by atoms with Gasteiger partial charge in [0, 0.05) is 6.20 Å². The van der Waals surface area contributed by atoms with E-state index in [0.717, 1.165) is 12.8 Å². The number of ether oxygens (including phenoxy) is 1. The SMILES string of the molecule is NS(=O)(=O)c1c(Cl)cncc1OC1CC1. The molecule has 0 spiro atoms. The van der Waals surface area contributed by atoms with Gasteiger partial charge in [-0.3, -0.25) is 4.98 Å². The molecule has 0 aromatic carbocycles. The van der Waals surface area contributed by atoms with Crippen LogP contribution in [0.15, 0.2) is 17.3 Å². The fourth-order valence-electron chi connectivity index (χ4n) is 1.13. The molecule has 1 aromatic heterocycles. The van der Waals surface area contributed by atoms with E-state index < -0.39 is 10.0 Å². The Morgan fingerprint density at radius 1 is 1.47 bits per heavy atom. The lowest BCUT2D eigenvalue weighted by Gasteiger charge is -2.09. The predicted octanol–water partition coefficient (Wildman–Crippen LogP) is 0.924. The van der Waals surface area contributed by atoms with Crippen molar-refractivity contribution >= 4 is 21.6 Å². The molecule has 0 unspecified atom stereocenters. The molecule has 1 aromatic rings. The lowest BCUT2D eigenvalue weighted by Crippen LogP contribution is -2.15. The number of hydrogen-bond donors (Lipinski definition) is 1. The summed E-state index contributed by atoms with van der Waals surface area (Å²) >= 11 is 5.72. The van der Waals surface area contributed by atoms with Crippen LogP contribution in [0.5, 0.6) is 5.75 Å². The Hall–Kier alpha value is -0.850. The second kappa shape index (κ2) is 3.62. The number of rotatable bonds is 3. The Bertz CT molecular complexity index is 485. The summed E-state index contributed by atoms with van der Waals surface area (Å²) in [5, 5.41) is 5.02. The van der Waals surface area contributed by atoms with Gasteiger partial charge in [0.1, 0.15) is 4.90 Å². The third-order valence-electron chi connectivity index (χ3n) is 1.92. The molecule has 1 fully saturated rings. The molecular weight excluding hydrogens is 240 g/mol. The first-order valence-electron chi connectivity index (χ1n) is 4.31. The topological polar surface area (TPSA) is 82.3 Å². The molecule has 0 saturated heterocycles. The average molecular weight is 249 g/mol. The summed E-state index contributed by atoms with van der Waals surface area (Å²) in [6.07, 6.45) is 4.42. The molecule has 1 saturated carbocycles. The van der Waals surface area contributed by atoms with Gasteiger partial charge >= 0.3 is 0 Å². The molecule has 82 valence electrons. The maximum absolute atomic E-state index is 11.3. The summed E-state index contributed by atoms with van der Waals surface area (Å²) in [5.74, 6) is 0.132. The number of nitrogens with zero attached hydrogens (tertiary/aromatic N) is 1. The quantitative estimate of drug-likeness (QED) is 0.862. The van der Waals surface area contributed by atoms with E-state index in [1.54, 1.807) is 0 Å². The smallest absolute Gasteiger partial charge is 0.243 e. The van der Waals surface area contributed by atoms with E-state index in [0.29, 0.717) is 0 Å². The monoisotopic (exact) mass is 248 g/mol. The number of primary sulfonamides is 1. The zero-order chi connectivity index (χ0) is 11.1. The van der Waals surface area contributed by atoms with Gasteiger partial charge in [0.2, 0.25) is 10.0 Å². The summed E-state index contributed by atoms with van der Waals surface area (Å²) in [7, 11) is -3.88. The molecule has 0 aliphatic heterocycles. The number of hydrogen-bond acceptors (Lipinski definition) is 4. The van der Waals surface area contributed by atoms with Crippen molar-refractivity contribution < 1.29 is 13.2 Å². The summed E-state index contributed by atoms with van der Waals surface area (Å²) in [6.45, 7) is 0. The maximum atomic E-state index is 11.3. The second-order valence-electron chi connectivity index (χ2n) is 3.31. The van der Waals surface area contributed by atoms with E-state index in [2.05, 4.69) is 4.98 Å². The summed E-state index contributed by atoms with van der Waals surface area (Å²) in [4.78, 5) is 3.57. The second-order valence-corrected chi connectivity index (χ2v) is 5.22. The van der Waals surface area contributed by atoms with Crippen molar-refractivity contribution in [2.24, 2.45) is 5.14 Å². The molecule has 1 aliphatic rings. The van der Waals surface area contributed by atoms with Crippen LogP contribution in [-0.4, -0.2) is 19.5 Å².